The van der Waals surface area contributed by atoms with Gasteiger partial charge in [-0.3, -0.25) is 4.98 Å². The Labute approximate surface area is 112 Å². The van der Waals surface area contributed by atoms with Crippen molar-refractivity contribution in [3.05, 3.63) is 45.9 Å². The zero-order valence-corrected chi connectivity index (χ0v) is 11.9. The summed E-state index contributed by atoms with van der Waals surface area (Å²) in [6.07, 6.45) is 1.96. The van der Waals surface area contributed by atoms with Gasteiger partial charge in [0.25, 0.3) is 0 Å². The van der Waals surface area contributed by atoms with Crippen LogP contribution in [0.5, 0.6) is 0 Å². The Morgan fingerprint density at radius 2 is 2.28 bits per heavy atom. The van der Waals surface area contributed by atoms with Crippen LogP contribution in [0, 0.1) is 6.92 Å². The second-order valence-corrected chi connectivity index (χ2v) is 5.25. The van der Waals surface area contributed by atoms with Gasteiger partial charge in [-0.2, -0.15) is 11.3 Å². The molecule has 4 heteroatoms. The molecule has 0 fully saturated rings. The van der Waals surface area contributed by atoms with Crippen LogP contribution in [0.1, 0.15) is 16.8 Å². The zero-order valence-electron chi connectivity index (χ0n) is 11.1. The number of nitrogens with one attached hydrogen (secondary N) is 1. The van der Waals surface area contributed by atoms with E-state index < -0.39 is 0 Å². The summed E-state index contributed by atoms with van der Waals surface area (Å²) in [5, 5.41) is 7.51. The van der Waals surface area contributed by atoms with E-state index in [1.165, 1.54) is 16.8 Å². The minimum Gasteiger partial charge on any atom is -0.370 e. The molecule has 3 nitrogen and oxygen atoms in total. The molecule has 0 spiro atoms. The Balaban J connectivity index is 2.22. The summed E-state index contributed by atoms with van der Waals surface area (Å²) in [4.78, 5) is 6.65. The number of aromatic nitrogens is 1. The average molecular weight is 261 g/mol. The highest BCUT2D eigenvalue weighted by Crippen LogP contribution is 2.22. The summed E-state index contributed by atoms with van der Waals surface area (Å²) in [6, 6.07) is 4.33. The lowest BCUT2D eigenvalue weighted by molar-refractivity contribution is 0.799. The Hall–Kier alpha value is -1.39. The maximum atomic E-state index is 4.37. The quantitative estimate of drug-likeness (QED) is 0.897. The lowest BCUT2D eigenvalue weighted by atomic mass is 10.1. The van der Waals surface area contributed by atoms with Crippen LogP contribution in [0.3, 0.4) is 0 Å². The molecule has 0 atom stereocenters. The Morgan fingerprint density at radius 1 is 1.44 bits per heavy atom. The van der Waals surface area contributed by atoms with Crippen molar-refractivity contribution in [2.24, 2.45) is 0 Å². The first-order valence-corrected chi connectivity index (χ1v) is 6.97. The molecule has 0 aliphatic rings. The number of pyridine rings is 1. The molecule has 2 heterocycles. The number of rotatable bonds is 5. The first-order valence-electron chi connectivity index (χ1n) is 6.03. The van der Waals surface area contributed by atoms with Crippen molar-refractivity contribution in [2.45, 2.75) is 20.0 Å². The molecule has 0 aliphatic heterocycles. The molecule has 0 aliphatic carbocycles. The minimum absolute atomic E-state index is 0.844. The van der Waals surface area contributed by atoms with Gasteiger partial charge in [0.15, 0.2) is 0 Å². The van der Waals surface area contributed by atoms with Crippen molar-refractivity contribution >= 4 is 17.0 Å². The minimum atomic E-state index is 0.844. The van der Waals surface area contributed by atoms with Gasteiger partial charge < -0.3 is 10.2 Å². The van der Waals surface area contributed by atoms with Crippen LogP contribution in [0.25, 0.3) is 0 Å². The number of nitrogens with zero attached hydrogens (tertiary/aromatic N) is 2. The summed E-state index contributed by atoms with van der Waals surface area (Å²) >= 11 is 1.74. The van der Waals surface area contributed by atoms with E-state index in [-0.39, 0.29) is 0 Å². The van der Waals surface area contributed by atoms with Crippen LogP contribution in [0.15, 0.2) is 29.1 Å². The van der Waals surface area contributed by atoms with Crippen LogP contribution in [0.2, 0.25) is 0 Å². The maximum absolute atomic E-state index is 4.37. The number of thiophene rings is 1. The predicted octanol–water partition coefficient (Wildman–Crippen LogP) is 2.81. The van der Waals surface area contributed by atoms with E-state index in [0.29, 0.717) is 0 Å². The summed E-state index contributed by atoms with van der Waals surface area (Å²) in [7, 11) is 4.09. The van der Waals surface area contributed by atoms with Crippen molar-refractivity contribution in [1.29, 1.82) is 0 Å². The van der Waals surface area contributed by atoms with E-state index in [1.807, 2.05) is 20.2 Å². The van der Waals surface area contributed by atoms with Gasteiger partial charge in [-0.1, -0.05) is 0 Å². The van der Waals surface area contributed by atoms with E-state index in [0.717, 1.165) is 18.8 Å². The molecule has 0 amide bonds. The molecule has 18 heavy (non-hydrogen) atoms. The highest BCUT2D eigenvalue weighted by Gasteiger charge is 2.09. The van der Waals surface area contributed by atoms with Crippen molar-refractivity contribution in [3.8, 4) is 0 Å². The molecule has 2 aromatic rings. The first kappa shape index (κ1) is 13.1. The molecule has 1 N–H and O–H groups in total. The van der Waals surface area contributed by atoms with Crippen LogP contribution in [0.4, 0.5) is 5.69 Å². The van der Waals surface area contributed by atoms with Gasteiger partial charge in [-0.25, -0.2) is 0 Å². The molecule has 96 valence electrons. The van der Waals surface area contributed by atoms with Gasteiger partial charge in [-0.05, 0) is 42.4 Å². The summed E-state index contributed by atoms with van der Waals surface area (Å²) in [5.74, 6) is 0. The third kappa shape index (κ3) is 3.09. The van der Waals surface area contributed by atoms with Crippen molar-refractivity contribution < 1.29 is 0 Å². The van der Waals surface area contributed by atoms with Crippen LogP contribution < -0.4 is 10.2 Å². The van der Waals surface area contributed by atoms with Gasteiger partial charge in [-0.15, -0.1) is 0 Å². The van der Waals surface area contributed by atoms with Crippen LogP contribution in [-0.2, 0) is 13.1 Å². The Bertz CT molecular complexity index is 494. The molecule has 0 bridgehead atoms. The molecule has 2 rings (SSSR count). The van der Waals surface area contributed by atoms with E-state index in [9.17, 15) is 0 Å². The second-order valence-electron chi connectivity index (χ2n) is 4.47. The molecular formula is C14H19N3S. The van der Waals surface area contributed by atoms with Gasteiger partial charge in [0.2, 0.25) is 0 Å². The van der Waals surface area contributed by atoms with E-state index in [1.54, 1.807) is 11.3 Å². The van der Waals surface area contributed by atoms with Gasteiger partial charge >= 0.3 is 0 Å². The fourth-order valence-electron chi connectivity index (χ4n) is 2.00. The van der Waals surface area contributed by atoms with E-state index >= 15 is 0 Å². The Kier molecular flexibility index (Phi) is 4.33. The monoisotopic (exact) mass is 261 g/mol. The number of aryl methyl sites for hydroxylation is 1. The third-order valence-corrected chi connectivity index (χ3v) is 3.61. The second kappa shape index (κ2) is 5.98. The van der Waals surface area contributed by atoms with Crippen molar-refractivity contribution in [1.82, 2.24) is 10.3 Å². The molecular weight excluding hydrogens is 242 g/mol. The Morgan fingerprint density at radius 3 is 2.94 bits per heavy atom. The molecule has 0 aromatic carbocycles. The van der Waals surface area contributed by atoms with E-state index in [4.69, 9.17) is 0 Å². The summed E-state index contributed by atoms with van der Waals surface area (Å²) in [5.41, 5.74) is 4.90. The normalized spacial score (nSPS) is 10.6. The number of anilines is 1. The molecule has 0 saturated heterocycles. The van der Waals surface area contributed by atoms with Crippen LogP contribution >= 0.6 is 11.3 Å². The fraction of sp³-hybridized carbons (Fsp3) is 0.357. The van der Waals surface area contributed by atoms with Gasteiger partial charge in [0, 0.05) is 43.3 Å². The molecule has 0 unspecified atom stereocenters. The van der Waals surface area contributed by atoms with Crippen molar-refractivity contribution in [2.75, 3.05) is 19.0 Å². The summed E-state index contributed by atoms with van der Waals surface area (Å²) < 4.78 is 0. The fourth-order valence-corrected chi connectivity index (χ4v) is 2.66. The molecule has 0 radical (unpaired) electrons. The zero-order chi connectivity index (χ0) is 13.0. The maximum Gasteiger partial charge on any atom is 0.0445 e. The average Bonchev–Trinajstić information content (AvgIpc) is 2.84. The molecule has 0 saturated carbocycles. The molecule has 2 aromatic heterocycles. The first-order chi connectivity index (χ1) is 8.70. The lowest BCUT2D eigenvalue weighted by Gasteiger charge is -2.22. The van der Waals surface area contributed by atoms with Crippen molar-refractivity contribution in [3.63, 3.8) is 0 Å². The third-order valence-electron chi connectivity index (χ3n) is 2.88. The SMILES string of the molecule is CNCc1cnc(C)cc1N(C)Cc1ccsc1. The van der Waals surface area contributed by atoms with Gasteiger partial charge in [0.1, 0.15) is 0 Å². The highest BCUT2D eigenvalue weighted by atomic mass is 32.1. The lowest BCUT2D eigenvalue weighted by Crippen LogP contribution is -2.19. The number of hydrogen-bond acceptors (Lipinski definition) is 4. The van der Waals surface area contributed by atoms with E-state index in [2.05, 4.69) is 45.1 Å². The smallest absolute Gasteiger partial charge is 0.0445 e. The topological polar surface area (TPSA) is 28.2 Å². The number of hydrogen-bond donors (Lipinski definition) is 1. The predicted molar refractivity (Wildman–Crippen MR) is 78.2 cm³/mol. The van der Waals surface area contributed by atoms with Gasteiger partial charge in [0.05, 0.1) is 0 Å². The summed E-state index contributed by atoms with van der Waals surface area (Å²) in [6.45, 7) is 3.81. The highest BCUT2D eigenvalue weighted by molar-refractivity contribution is 7.07. The largest absolute Gasteiger partial charge is 0.370 e. The standard InChI is InChI=1S/C14H19N3S/c1-11-6-14(13(7-15-2)8-16-11)17(3)9-12-4-5-18-10-12/h4-6,8,10,15H,7,9H2,1-3H3. The van der Waals surface area contributed by atoms with Crippen LogP contribution in [-0.4, -0.2) is 19.1 Å².